The number of carbonyl (C=O) groups is 1. The molecule has 0 aromatic rings. The van der Waals surface area contributed by atoms with Crippen LogP contribution in [0.1, 0.15) is 13.8 Å². The number of rotatable bonds is 3. The van der Waals surface area contributed by atoms with E-state index in [0.717, 1.165) is 6.08 Å². The zero-order chi connectivity index (χ0) is 9.02. The second kappa shape index (κ2) is 3.70. The molecule has 1 unspecified atom stereocenters. The summed E-state index contributed by atoms with van der Waals surface area (Å²) in [5.74, 6) is -1.13. The van der Waals surface area contributed by atoms with E-state index in [1.807, 2.05) is 0 Å². The molecule has 1 atom stereocenters. The molecule has 0 aromatic heterocycles. The van der Waals surface area contributed by atoms with Crippen LogP contribution in [0, 0.1) is 10.1 Å². The van der Waals surface area contributed by atoms with Gasteiger partial charge in [-0.3, -0.25) is 10.1 Å². The first kappa shape index (κ1) is 9.61. The van der Waals surface area contributed by atoms with Crippen molar-refractivity contribution in [3.05, 3.63) is 21.8 Å². The average Bonchev–Trinajstić information content (AvgIpc) is 1.87. The minimum atomic E-state index is -1.13. The number of hydrogen-bond acceptors (Lipinski definition) is 3. The van der Waals surface area contributed by atoms with Crippen LogP contribution < -0.4 is 0 Å². The van der Waals surface area contributed by atoms with Crippen molar-refractivity contribution in [2.75, 3.05) is 0 Å². The van der Waals surface area contributed by atoms with Crippen LogP contribution in [0.5, 0.6) is 0 Å². The second-order valence-corrected chi connectivity index (χ2v) is 2.18. The van der Waals surface area contributed by atoms with Crippen LogP contribution in [0.3, 0.4) is 0 Å². The molecule has 0 aliphatic heterocycles. The molecule has 0 saturated heterocycles. The van der Waals surface area contributed by atoms with E-state index in [1.54, 1.807) is 0 Å². The first-order chi connectivity index (χ1) is 4.95. The van der Waals surface area contributed by atoms with Crippen LogP contribution in [-0.4, -0.2) is 22.0 Å². The molecule has 0 fully saturated rings. The first-order valence-corrected chi connectivity index (χ1v) is 3.00. The predicted molar refractivity (Wildman–Crippen MR) is 37.8 cm³/mol. The SMILES string of the molecule is CC(=CC(C)[N+](=O)[O-])C(=O)O. The van der Waals surface area contributed by atoms with Crippen molar-refractivity contribution in [3.63, 3.8) is 0 Å². The Hall–Kier alpha value is -1.39. The molecule has 0 aliphatic rings. The van der Waals surface area contributed by atoms with Crippen molar-refractivity contribution in [1.29, 1.82) is 0 Å². The highest BCUT2D eigenvalue weighted by Crippen LogP contribution is 1.98. The molecule has 5 heteroatoms. The topological polar surface area (TPSA) is 80.4 Å². The van der Waals surface area contributed by atoms with Crippen LogP contribution in [0.25, 0.3) is 0 Å². The van der Waals surface area contributed by atoms with Gasteiger partial charge in [0.2, 0.25) is 6.04 Å². The Kier molecular flexibility index (Phi) is 3.23. The molecule has 0 heterocycles. The van der Waals surface area contributed by atoms with Crippen molar-refractivity contribution < 1.29 is 14.8 Å². The van der Waals surface area contributed by atoms with Gasteiger partial charge < -0.3 is 5.11 Å². The summed E-state index contributed by atoms with van der Waals surface area (Å²) in [7, 11) is 0. The van der Waals surface area contributed by atoms with Gasteiger partial charge in [0.1, 0.15) is 0 Å². The fourth-order valence-electron chi connectivity index (χ4n) is 0.494. The highest BCUT2D eigenvalue weighted by atomic mass is 16.6. The maximum absolute atomic E-state index is 10.2. The summed E-state index contributed by atoms with van der Waals surface area (Å²) in [6, 6.07) is -0.939. The smallest absolute Gasteiger partial charge is 0.331 e. The van der Waals surface area contributed by atoms with Gasteiger partial charge in [0.15, 0.2) is 0 Å². The Bertz CT molecular complexity index is 209. The molecular formula is C6H9NO4. The van der Waals surface area contributed by atoms with E-state index in [2.05, 4.69) is 0 Å². The van der Waals surface area contributed by atoms with Gasteiger partial charge in [0, 0.05) is 17.4 Å². The summed E-state index contributed by atoms with van der Waals surface area (Å²) < 4.78 is 0. The maximum atomic E-state index is 10.2. The molecule has 0 bridgehead atoms. The van der Waals surface area contributed by atoms with Crippen molar-refractivity contribution in [3.8, 4) is 0 Å². The standard InChI is InChI=1S/C6H9NO4/c1-4(6(8)9)3-5(2)7(10)11/h3,5H,1-2H3,(H,8,9). The minimum Gasteiger partial charge on any atom is -0.478 e. The van der Waals surface area contributed by atoms with Crippen LogP contribution in [0.4, 0.5) is 0 Å². The van der Waals surface area contributed by atoms with Crippen LogP contribution in [0.2, 0.25) is 0 Å². The van der Waals surface area contributed by atoms with Crippen LogP contribution in [0.15, 0.2) is 11.6 Å². The fraction of sp³-hybridized carbons (Fsp3) is 0.500. The molecule has 5 nitrogen and oxygen atoms in total. The highest BCUT2D eigenvalue weighted by molar-refractivity contribution is 5.85. The number of carboxylic acid groups (broad SMARTS) is 1. The lowest BCUT2D eigenvalue weighted by Gasteiger charge is -1.96. The first-order valence-electron chi connectivity index (χ1n) is 3.00. The lowest BCUT2D eigenvalue weighted by molar-refractivity contribution is -0.504. The Morgan fingerprint density at radius 2 is 2.18 bits per heavy atom. The molecule has 0 rings (SSSR count). The molecule has 0 amide bonds. The number of hydrogen-bond donors (Lipinski definition) is 1. The molecule has 0 radical (unpaired) electrons. The van der Waals surface area contributed by atoms with Gasteiger partial charge in [-0.1, -0.05) is 0 Å². The summed E-state index contributed by atoms with van der Waals surface area (Å²) in [6.45, 7) is 2.65. The van der Waals surface area contributed by atoms with Gasteiger partial charge in [-0.2, -0.15) is 0 Å². The molecule has 62 valence electrons. The Balaban J connectivity index is 4.31. The van der Waals surface area contributed by atoms with Gasteiger partial charge in [-0.05, 0) is 13.0 Å². The van der Waals surface area contributed by atoms with Crippen molar-refractivity contribution in [2.45, 2.75) is 19.9 Å². The minimum absolute atomic E-state index is 0.00537. The molecule has 0 spiro atoms. The highest BCUT2D eigenvalue weighted by Gasteiger charge is 2.11. The normalized spacial score (nSPS) is 14.2. The third-order valence-electron chi connectivity index (χ3n) is 1.16. The van der Waals surface area contributed by atoms with E-state index in [-0.39, 0.29) is 5.57 Å². The molecule has 0 saturated carbocycles. The van der Waals surface area contributed by atoms with E-state index in [4.69, 9.17) is 5.11 Å². The summed E-state index contributed by atoms with van der Waals surface area (Å²) >= 11 is 0. The summed E-state index contributed by atoms with van der Waals surface area (Å²) in [5, 5.41) is 18.3. The molecule has 0 aromatic carbocycles. The number of nitro groups is 1. The fourth-order valence-corrected chi connectivity index (χ4v) is 0.494. The van der Waals surface area contributed by atoms with Gasteiger partial charge in [0.05, 0.1) is 0 Å². The molecular weight excluding hydrogens is 150 g/mol. The van der Waals surface area contributed by atoms with E-state index in [9.17, 15) is 14.9 Å². The van der Waals surface area contributed by atoms with E-state index >= 15 is 0 Å². The third kappa shape index (κ3) is 3.34. The van der Waals surface area contributed by atoms with Gasteiger partial charge >= 0.3 is 5.97 Å². The second-order valence-electron chi connectivity index (χ2n) is 2.18. The van der Waals surface area contributed by atoms with E-state index in [1.165, 1.54) is 13.8 Å². The lowest BCUT2D eigenvalue weighted by Crippen LogP contribution is -2.13. The predicted octanol–water partition coefficient (Wildman–Crippen LogP) is 0.683. The zero-order valence-corrected chi connectivity index (χ0v) is 6.27. The Labute approximate surface area is 63.5 Å². The monoisotopic (exact) mass is 159 g/mol. The van der Waals surface area contributed by atoms with E-state index in [0.29, 0.717) is 0 Å². The Morgan fingerprint density at radius 3 is 2.45 bits per heavy atom. The largest absolute Gasteiger partial charge is 0.478 e. The van der Waals surface area contributed by atoms with Crippen LogP contribution in [-0.2, 0) is 4.79 Å². The lowest BCUT2D eigenvalue weighted by atomic mass is 10.2. The van der Waals surface area contributed by atoms with Gasteiger partial charge in [-0.25, -0.2) is 4.79 Å². The van der Waals surface area contributed by atoms with Crippen molar-refractivity contribution in [2.24, 2.45) is 0 Å². The number of carboxylic acids is 1. The van der Waals surface area contributed by atoms with Gasteiger partial charge in [0.25, 0.3) is 0 Å². The summed E-state index contributed by atoms with van der Waals surface area (Å²) in [6.07, 6.45) is 1.10. The summed E-state index contributed by atoms with van der Waals surface area (Å²) in [4.78, 5) is 19.6. The van der Waals surface area contributed by atoms with Crippen LogP contribution >= 0.6 is 0 Å². The Morgan fingerprint density at radius 1 is 1.73 bits per heavy atom. The van der Waals surface area contributed by atoms with Gasteiger partial charge in [-0.15, -0.1) is 0 Å². The summed E-state index contributed by atoms with van der Waals surface area (Å²) in [5.41, 5.74) is -0.00537. The van der Waals surface area contributed by atoms with Crippen molar-refractivity contribution >= 4 is 5.97 Å². The zero-order valence-electron chi connectivity index (χ0n) is 6.27. The average molecular weight is 159 g/mol. The number of aliphatic carboxylic acids is 1. The third-order valence-corrected chi connectivity index (χ3v) is 1.16. The maximum Gasteiger partial charge on any atom is 0.331 e. The quantitative estimate of drug-likeness (QED) is 0.373. The molecule has 1 N–H and O–H groups in total. The van der Waals surface area contributed by atoms with E-state index < -0.39 is 16.9 Å². The number of nitrogens with zero attached hydrogens (tertiary/aromatic N) is 1. The molecule has 11 heavy (non-hydrogen) atoms. The van der Waals surface area contributed by atoms with Crippen molar-refractivity contribution in [1.82, 2.24) is 0 Å². The molecule has 0 aliphatic carbocycles.